The number of para-hydroxylation sites is 1. The zero-order valence-corrected chi connectivity index (χ0v) is 13.6. The first-order valence-corrected chi connectivity index (χ1v) is 8.74. The van der Waals surface area contributed by atoms with Gasteiger partial charge in [0.1, 0.15) is 17.2 Å². The maximum atomic E-state index is 12.0. The van der Waals surface area contributed by atoms with Crippen molar-refractivity contribution in [2.75, 3.05) is 18.5 Å². The first kappa shape index (κ1) is 14.7. The van der Waals surface area contributed by atoms with Crippen LogP contribution < -0.4 is 10.1 Å². The van der Waals surface area contributed by atoms with Crippen molar-refractivity contribution >= 4 is 39.5 Å². The second-order valence-electron chi connectivity index (χ2n) is 4.94. The largest absolute Gasteiger partial charge is 0.484 e. The highest BCUT2D eigenvalue weighted by Gasteiger charge is 2.53. The zero-order valence-electron chi connectivity index (χ0n) is 11.2. The van der Waals surface area contributed by atoms with Crippen molar-refractivity contribution < 1.29 is 14.3 Å². The fraction of sp³-hybridized carbons (Fsp3) is 0.429. The molecule has 21 heavy (non-hydrogen) atoms. The molecule has 112 valence electrons. The van der Waals surface area contributed by atoms with E-state index in [0.717, 1.165) is 11.9 Å². The van der Waals surface area contributed by atoms with Crippen LogP contribution in [0.4, 0.5) is 0 Å². The fourth-order valence-corrected chi connectivity index (χ4v) is 4.48. The Kier molecular flexibility index (Phi) is 4.40. The molecule has 2 aliphatic heterocycles. The molecule has 0 bridgehead atoms. The second-order valence-corrected chi connectivity index (χ2v) is 7.01. The lowest BCUT2D eigenvalue weighted by Gasteiger charge is -2.41. The maximum Gasteiger partial charge on any atom is 0.258 e. The standard InChI is InChI=1S/C14H15BrN2O3S/c15-6-10-7-17-13(19)12(14(17)21-10)16-11(18)8-20-9-4-2-1-3-5-9/h1-5,10,12,14H,6-8H2,(H,16,18)/t10-,12?,14-/m0/s1. The van der Waals surface area contributed by atoms with Gasteiger partial charge in [0.15, 0.2) is 6.61 Å². The third-order valence-corrected chi connectivity index (χ3v) is 6.19. The topological polar surface area (TPSA) is 58.6 Å². The van der Waals surface area contributed by atoms with Crippen LogP contribution in [-0.2, 0) is 9.59 Å². The Bertz CT molecular complexity index is 542. The van der Waals surface area contributed by atoms with E-state index in [1.807, 2.05) is 23.1 Å². The number of hydrogen-bond donors (Lipinski definition) is 1. The summed E-state index contributed by atoms with van der Waals surface area (Å²) in [4.78, 5) is 25.7. The Hall–Kier alpha value is -1.21. The minimum absolute atomic E-state index is 0.00371. The molecule has 1 aromatic carbocycles. The lowest BCUT2D eigenvalue weighted by molar-refractivity contribution is -0.147. The van der Waals surface area contributed by atoms with E-state index in [-0.39, 0.29) is 23.8 Å². The molecule has 2 aliphatic rings. The molecule has 2 fully saturated rings. The Balaban J connectivity index is 1.48. The predicted octanol–water partition coefficient (Wildman–Crippen LogP) is 1.23. The van der Waals surface area contributed by atoms with Crippen molar-refractivity contribution in [1.29, 1.82) is 0 Å². The Labute approximate surface area is 135 Å². The summed E-state index contributed by atoms with van der Waals surface area (Å²) < 4.78 is 5.37. The third-order valence-electron chi connectivity index (χ3n) is 3.48. The number of thioether (sulfide) groups is 1. The maximum absolute atomic E-state index is 12.0. The lowest BCUT2D eigenvalue weighted by Crippen LogP contribution is -2.67. The van der Waals surface area contributed by atoms with E-state index in [4.69, 9.17) is 4.74 Å². The summed E-state index contributed by atoms with van der Waals surface area (Å²) in [5.74, 6) is 0.382. The van der Waals surface area contributed by atoms with Crippen molar-refractivity contribution in [3.8, 4) is 5.75 Å². The van der Waals surface area contributed by atoms with Gasteiger partial charge in [0.05, 0.1) is 0 Å². The third kappa shape index (κ3) is 3.03. The van der Waals surface area contributed by atoms with Gasteiger partial charge in [0.25, 0.3) is 5.91 Å². The molecular weight excluding hydrogens is 356 g/mol. The van der Waals surface area contributed by atoms with Crippen LogP contribution in [0.5, 0.6) is 5.75 Å². The number of hydrogen-bond acceptors (Lipinski definition) is 4. The van der Waals surface area contributed by atoms with E-state index in [2.05, 4.69) is 21.2 Å². The van der Waals surface area contributed by atoms with Crippen LogP contribution in [0.25, 0.3) is 0 Å². The fourth-order valence-electron chi connectivity index (χ4n) is 2.43. The number of fused-ring (bicyclic) bond motifs is 1. The van der Waals surface area contributed by atoms with E-state index in [9.17, 15) is 9.59 Å². The predicted molar refractivity (Wildman–Crippen MR) is 84.5 cm³/mol. The summed E-state index contributed by atoms with van der Waals surface area (Å²) >= 11 is 5.17. The van der Waals surface area contributed by atoms with Gasteiger partial charge in [-0.25, -0.2) is 0 Å². The number of alkyl halides is 1. The van der Waals surface area contributed by atoms with Gasteiger partial charge in [-0.15, -0.1) is 11.8 Å². The number of benzene rings is 1. The highest BCUT2D eigenvalue weighted by Crippen LogP contribution is 2.40. The molecule has 0 radical (unpaired) electrons. The molecule has 2 heterocycles. The number of β-lactam (4-membered cyclic amide) rings is 1. The lowest BCUT2D eigenvalue weighted by atomic mass is 10.1. The van der Waals surface area contributed by atoms with Crippen LogP contribution in [-0.4, -0.2) is 51.9 Å². The van der Waals surface area contributed by atoms with Gasteiger partial charge in [-0.1, -0.05) is 34.1 Å². The molecule has 0 aliphatic carbocycles. The van der Waals surface area contributed by atoms with Crippen molar-refractivity contribution in [2.24, 2.45) is 0 Å². The minimum Gasteiger partial charge on any atom is -0.484 e. The number of nitrogens with zero attached hydrogens (tertiary/aromatic N) is 1. The molecule has 2 saturated heterocycles. The van der Waals surface area contributed by atoms with E-state index >= 15 is 0 Å². The van der Waals surface area contributed by atoms with Crippen molar-refractivity contribution in [3.05, 3.63) is 30.3 Å². The van der Waals surface area contributed by atoms with Gasteiger partial charge >= 0.3 is 0 Å². The molecule has 2 amide bonds. The highest BCUT2D eigenvalue weighted by atomic mass is 79.9. The van der Waals surface area contributed by atoms with Crippen molar-refractivity contribution in [2.45, 2.75) is 16.7 Å². The Morgan fingerprint density at radius 2 is 2.19 bits per heavy atom. The van der Waals surface area contributed by atoms with Gasteiger partial charge in [0, 0.05) is 17.1 Å². The monoisotopic (exact) mass is 370 g/mol. The van der Waals surface area contributed by atoms with Crippen LogP contribution in [0.2, 0.25) is 0 Å². The van der Waals surface area contributed by atoms with Crippen LogP contribution in [0.15, 0.2) is 30.3 Å². The molecule has 7 heteroatoms. The number of halogens is 1. The average molecular weight is 371 g/mol. The molecule has 0 aromatic heterocycles. The summed E-state index contributed by atoms with van der Waals surface area (Å²) in [6.07, 6.45) is 0. The normalized spacial score (nSPS) is 27.0. The number of ether oxygens (including phenoxy) is 1. The molecule has 5 nitrogen and oxygen atoms in total. The molecule has 3 rings (SSSR count). The summed E-state index contributed by atoms with van der Waals surface area (Å²) in [7, 11) is 0. The highest BCUT2D eigenvalue weighted by molar-refractivity contribution is 9.09. The molecule has 3 atom stereocenters. The molecule has 1 aromatic rings. The van der Waals surface area contributed by atoms with Crippen LogP contribution in [0.1, 0.15) is 0 Å². The van der Waals surface area contributed by atoms with Crippen LogP contribution >= 0.6 is 27.7 Å². The van der Waals surface area contributed by atoms with Gasteiger partial charge in [-0.3, -0.25) is 9.59 Å². The first-order valence-electron chi connectivity index (χ1n) is 6.68. The van der Waals surface area contributed by atoms with E-state index < -0.39 is 6.04 Å². The molecule has 1 unspecified atom stereocenters. The van der Waals surface area contributed by atoms with Gasteiger partial charge < -0.3 is 15.0 Å². The second kappa shape index (κ2) is 6.27. The minimum atomic E-state index is -0.411. The first-order chi connectivity index (χ1) is 10.2. The Morgan fingerprint density at radius 1 is 1.43 bits per heavy atom. The number of carbonyl (C=O) groups is 2. The molecule has 0 saturated carbocycles. The van der Waals surface area contributed by atoms with Gasteiger partial charge in [-0.05, 0) is 12.1 Å². The van der Waals surface area contributed by atoms with Crippen molar-refractivity contribution in [3.63, 3.8) is 0 Å². The summed E-state index contributed by atoms with van der Waals surface area (Å²) in [6, 6.07) is 8.73. The van der Waals surface area contributed by atoms with Crippen molar-refractivity contribution in [1.82, 2.24) is 10.2 Å². The van der Waals surface area contributed by atoms with Gasteiger partial charge in [-0.2, -0.15) is 0 Å². The van der Waals surface area contributed by atoms with E-state index in [1.54, 1.807) is 23.9 Å². The number of amides is 2. The number of carbonyl (C=O) groups excluding carboxylic acids is 2. The smallest absolute Gasteiger partial charge is 0.258 e. The molecule has 0 spiro atoms. The Morgan fingerprint density at radius 3 is 2.90 bits per heavy atom. The average Bonchev–Trinajstić information content (AvgIpc) is 2.91. The van der Waals surface area contributed by atoms with Gasteiger partial charge in [0.2, 0.25) is 5.91 Å². The van der Waals surface area contributed by atoms with Crippen LogP contribution in [0, 0.1) is 0 Å². The van der Waals surface area contributed by atoms with E-state index in [0.29, 0.717) is 11.0 Å². The number of rotatable bonds is 5. The quantitative estimate of drug-likeness (QED) is 0.625. The summed E-state index contributed by atoms with van der Waals surface area (Å²) in [5.41, 5.74) is 0. The van der Waals surface area contributed by atoms with E-state index in [1.165, 1.54) is 0 Å². The number of nitrogens with one attached hydrogen (secondary N) is 1. The summed E-state index contributed by atoms with van der Waals surface area (Å²) in [5, 5.41) is 4.09. The molecular formula is C14H15BrN2O3S. The molecule has 1 N–H and O–H groups in total. The summed E-state index contributed by atoms with van der Waals surface area (Å²) in [6.45, 7) is 0.680. The SMILES string of the molecule is O=C(COc1ccccc1)NC1C(=O)N2C[C@H](CBr)S[C@@H]12. The zero-order chi connectivity index (χ0) is 14.8. The van der Waals surface area contributed by atoms with Crippen LogP contribution in [0.3, 0.4) is 0 Å².